The summed E-state index contributed by atoms with van der Waals surface area (Å²) in [6.07, 6.45) is 14.1. The number of nitrogens with zero attached hydrogens (tertiary/aromatic N) is 1. The van der Waals surface area contributed by atoms with Crippen LogP contribution in [0.2, 0.25) is 0 Å². The Morgan fingerprint density at radius 3 is 2.12 bits per heavy atom. The average Bonchev–Trinajstić information content (AvgIpc) is 2.64. The molecule has 0 bridgehead atoms. The molecule has 3 heteroatoms. The molecule has 0 saturated heterocycles. The molecule has 2 aromatic rings. The molecule has 2 aromatic carbocycles. The van der Waals surface area contributed by atoms with Gasteiger partial charge in [-0.05, 0) is 41.5 Å². The van der Waals surface area contributed by atoms with Crippen LogP contribution in [0.15, 0.2) is 42.5 Å². The number of ether oxygens (including phenoxy) is 2. The molecule has 0 N–H and O–H groups in total. The van der Waals surface area contributed by atoms with Gasteiger partial charge in [-0.3, -0.25) is 0 Å². The number of rotatable bonds is 6. The van der Waals surface area contributed by atoms with Gasteiger partial charge in [0, 0.05) is 0 Å². The van der Waals surface area contributed by atoms with Gasteiger partial charge in [0.25, 0.3) is 0 Å². The van der Waals surface area contributed by atoms with Crippen molar-refractivity contribution >= 4 is 12.2 Å². The second-order valence-electron chi connectivity index (χ2n) is 4.75. The van der Waals surface area contributed by atoms with E-state index in [1.807, 2.05) is 42.5 Å². The zero-order valence-electron chi connectivity index (χ0n) is 13.0. The summed E-state index contributed by atoms with van der Waals surface area (Å²) in [5.74, 6) is 6.11. The van der Waals surface area contributed by atoms with E-state index in [1.54, 1.807) is 12.1 Å². The predicted octanol–water partition coefficient (Wildman–Crippen LogP) is 3.75. The molecule has 2 rings (SSSR count). The Morgan fingerprint density at radius 1 is 0.875 bits per heavy atom. The minimum Gasteiger partial charge on any atom is -0.481 e. The van der Waals surface area contributed by atoms with Crippen LogP contribution < -0.4 is 9.47 Å². The van der Waals surface area contributed by atoms with Gasteiger partial charge in [-0.2, -0.15) is 5.26 Å². The predicted molar refractivity (Wildman–Crippen MR) is 95.2 cm³/mol. The van der Waals surface area contributed by atoms with E-state index in [4.69, 9.17) is 22.3 Å². The van der Waals surface area contributed by atoms with Gasteiger partial charge in [0.1, 0.15) is 24.7 Å². The van der Waals surface area contributed by atoms with Crippen molar-refractivity contribution < 1.29 is 9.47 Å². The Bertz CT molecular complexity index is 843. The first-order chi connectivity index (χ1) is 11.8. The first-order valence-electron chi connectivity index (χ1n) is 7.21. The first kappa shape index (κ1) is 16.8. The van der Waals surface area contributed by atoms with Crippen LogP contribution in [0.1, 0.15) is 16.7 Å². The lowest BCUT2D eigenvalue weighted by Gasteiger charge is -2.05. The van der Waals surface area contributed by atoms with E-state index < -0.39 is 0 Å². The average molecular weight is 313 g/mol. The molecule has 0 aliphatic carbocycles. The molecular weight excluding hydrogens is 298 g/mol. The summed E-state index contributed by atoms with van der Waals surface area (Å²) in [5.41, 5.74) is 2.31. The van der Waals surface area contributed by atoms with Gasteiger partial charge in [0.05, 0.1) is 11.6 Å². The summed E-state index contributed by atoms with van der Waals surface area (Å²) in [4.78, 5) is 0. The summed E-state index contributed by atoms with van der Waals surface area (Å²) in [6, 6.07) is 15.0. The quantitative estimate of drug-likeness (QED) is 0.602. The SMILES string of the molecule is C#CCOc1ccc(C=Cc2ccc(OCC#C)cc2C#N)cc1. The monoisotopic (exact) mass is 313 g/mol. The van der Waals surface area contributed by atoms with Crippen molar-refractivity contribution in [3.05, 3.63) is 59.2 Å². The molecule has 116 valence electrons. The van der Waals surface area contributed by atoms with Gasteiger partial charge >= 0.3 is 0 Å². The third-order valence-electron chi connectivity index (χ3n) is 3.12. The lowest BCUT2D eigenvalue weighted by molar-refractivity contribution is 0.370. The lowest BCUT2D eigenvalue weighted by atomic mass is 10.1. The molecule has 0 fully saturated rings. The molecule has 0 saturated carbocycles. The van der Waals surface area contributed by atoms with Crippen LogP contribution in [-0.4, -0.2) is 13.2 Å². The maximum Gasteiger partial charge on any atom is 0.148 e. The van der Waals surface area contributed by atoms with Crippen molar-refractivity contribution in [2.45, 2.75) is 0 Å². The number of nitriles is 1. The molecule has 0 radical (unpaired) electrons. The van der Waals surface area contributed by atoms with Gasteiger partial charge in [-0.25, -0.2) is 0 Å². The van der Waals surface area contributed by atoms with Crippen LogP contribution in [-0.2, 0) is 0 Å². The summed E-state index contributed by atoms with van der Waals surface area (Å²) in [6.45, 7) is 0.420. The summed E-state index contributed by atoms with van der Waals surface area (Å²) in [5, 5.41) is 9.27. The number of benzene rings is 2. The molecule has 24 heavy (non-hydrogen) atoms. The maximum atomic E-state index is 9.27. The van der Waals surface area contributed by atoms with E-state index in [9.17, 15) is 5.26 Å². The van der Waals surface area contributed by atoms with Gasteiger partial charge in [0.2, 0.25) is 0 Å². The third kappa shape index (κ3) is 4.70. The minimum absolute atomic E-state index is 0.175. The van der Waals surface area contributed by atoms with Crippen molar-refractivity contribution in [2.24, 2.45) is 0 Å². The number of hydrogen-bond donors (Lipinski definition) is 0. The van der Waals surface area contributed by atoms with Crippen molar-refractivity contribution in [3.63, 3.8) is 0 Å². The fourth-order valence-electron chi connectivity index (χ4n) is 1.98. The number of hydrogen-bond acceptors (Lipinski definition) is 3. The zero-order valence-corrected chi connectivity index (χ0v) is 13.0. The molecule has 0 amide bonds. The van der Waals surface area contributed by atoms with Crippen molar-refractivity contribution in [1.29, 1.82) is 5.26 Å². The van der Waals surface area contributed by atoms with E-state index >= 15 is 0 Å². The highest BCUT2D eigenvalue weighted by atomic mass is 16.5. The Morgan fingerprint density at radius 2 is 1.50 bits per heavy atom. The topological polar surface area (TPSA) is 42.2 Å². The smallest absolute Gasteiger partial charge is 0.148 e. The van der Waals surface area contributed by atoms with Gasteiger partial charge in [-0.15, -0.1) is 12.8 Å². The fourth-order valence-corrected chi connectivity index (χ4v) is 1.98. The van der Waals surface area contributed by atoms with E-state index in [0.29, 0.717) is 11.3 Å². The highest BCUT2D eigenvalue weighted by molar-refractivity contribution is 5.73. The van der Waals surface area contributed by atoms with Crippen molar-refractivity contribution in [1.82, 2.24) is 0 Å². The maximum absolute atomic E-state index is 9.27. The van der Waals surface area contributed by atoms with Crippen LogP contribution in [0.3, 0.4) is 0 Å². The Labute approximate surface area is 142 Å². The second kappa shape index (κ2) is 8.74. The van der Waals surface area contributed by atoms with Gasteiger partial charge in [0.15, 0.2) is 0 Å². The van der Waals surface area contributed by atoms with Crippen LogP contribution in [0.5, 0.6) is 11.5 Å². The van der Waals surface area contributed by atoms with E-state index in [2.05, 4.69) is 17.9 Å². The van der Waals surface area contributed by atoms with Crippen LogP contribution in [0.25, 0.3) is 12.2 Å². The minimum atomic E-state index is 0.175. The van der Waals surface area contributed by atoms with Crippen molar-refractivity contribution in [2.75, 3.05) is 13.2 Å². The first-order valence-corrected chi connectivity index (χ1v) is 7.21. The third-order valence-corrected chi connectivity index (χ3v) is 3.12. The molecule has 0 atom stereocenters. The summed E-state index contributed by atoms with van der Waals surface area (Å²) < 4.78 is 10.6. The van der Waals surface area contributed by atoms with E-state index in [-0.39, 0.29) is 13.2 Å². The molecule has 0 unspecified atom stereocenters. The molecule has 0 spiro atoms. The largest absolute Gasteiger partial charge is 0.481 e. The standard InChI is InChI=1S/C21H15NO2/c1-3-13-23-20-10-6-17(7-11-20)5-8-18-9-12-21(24-14-4-2)15-19(18)16-22/h1-2,5-12,15H,13-14H2. The van der Waals surface area contributed by atoms with Crippen LogP contribution >= 0.6 is 0 Å². The van der Waals surface area contributed by atoms with Crippen LogP contribution in [0.4, 0.5) is 0 Å². The molecular formula is C21H15NO2. The lowest BCUT2D eigenvalue weighted by Crippen LogP contribution is -1.94. The summed E-state index contributed by atoms with van der Waals surface area (Å²) in [7, 11) is 0. The van der Waals surface area contributed by atoms with E-state index in [1.165, 1.54) is 0 Å². The molecule has 0 aliphatic heterocycles. The normalized spacial score (nSPS) is 9.71. The Hall–Kier alpha value is -3.61. The molecule has 0 aliphatic rings. The van der Waals surface area contributed by atoms with Crippen LogP contribution in [0, 0.1) is 36.0 Å². The van der Waals surface area contributed by atoms with Crippen molar-refractivity contribution in [3.8, 4) is 42.3 Å². The Kier molecular flexibility index (Phi) is 6.10. The molecule has 0 heterocycles. The molecule has 0 aromatic heterocycles. The highest BCUT2D eigenvalue weighted by Gasteiger charge is 2.02. The Balaban J connectivity index is 2.12. The second-order valence-corrected chi connectivity index (χ2v) is 4.75. The summed E-state index contributed by atoms with van der Waals surface area (Å²) >= 11 is 0. The van der Waals surface area contributed by atoms with Gasteiger partial charge < -0.3 is 9.47 Å². The number of terminal acetylenes is 2. The highest BCUT2D eigenvalue weighted by Crippen LogP contribution is 2.20. The fraction of sp³-hybridized carbons (Fsp3) is 0.0952. The zero-order chi connectivity index (χ0) is 17.2. The molecule has 3 nitrogen and oxygen atoms in total. The van der Waals surface area contributed by atoms with E-state index in [0.717, 1.165) is 16.9 Å². The van der Waals surface area contributed by atoms with Gasteiger partial charge in [-0.1, -0.05) is 36.1 Å².